The van der Waals surface area contributed by atoms with E-state index in [1.807, 2.05) is 43.3 Å². The van der Waals surface area contributed by atoms with Gasteiger partial charge in [0.15, 0.2) is 0 Å². The summed E-state index contributed by atoms with van der Waals surface area (Å²) in [7, 11) is -4.20. The molecule has 0 radical (unpaired) electrons. The lowest BCUT2D eigenvalue weighted by Gasteiger charge is -2.33. The van der Waals surface area contributed by atoms with Gasteiger partial charge in [0.05, 0.1) is 17.4 Å². The third-order valence-corrected chi connectivity index (χ3v) is 10.6. The maximum atomic E-state index is 15.5. The summed E-state index contributed by atoms with van der Waals surface area (Å²) in [5.41, 5.74) is 6.98. The normalized spacial score (nSPS) is 15.5. The first-order chi connectivity index (χ1) is 24.1. The van der Waals surface area contributed by atoms with Gasteiger partial charge in [0.2, 0.25) is 5.91 Å². The number of hydrogen-bond donors (Lipinski definition) is 3. The fourth-order valence-electron chi connectivity index (χ4n) is 6.55. The summed E-state index contributed by atoms with van der Waals surface area (Å²) >= 11 is 6.11. The zero-order chi connectivity index (χ0) is 36.9. The first-order valence-corrected chi connectivity index (χ1v) is 19.0. The molecule has 0 saturated heterocycles. The van der Waals surface area contributed by atoms with E-state index in [0.29, 0.717) is 22.1 Å². The van der Waals surface area contributed by atoms with Crippen LogP contribution in [0.1, 0.15) is 78.6 Å². The van der Waals surface area contributed by atoms with E-state index in [0.717, 1.165) is 47.1 Å². The van der Waals surface area contributed by atoms with E-state index < -0.39 is 33.5 Å². The molecule has 0 fully saturated rings. The van der Waals surface area contributed by atoms with Crippen LogP contribution >= 0.6 is 11.6 Å². The Balaban J connectivity index is 1.37. The summed E-state index contributed by atoms with van der Waals surface area (Å²) < 4.78 is 46.4. The second kappa shape index (κ2) is 15.9. The fourth-order valence-corrected chi connectivity index (χ4v) is 7.14. The van der Waals surface area contributed by atoms with Crippen LogP contribution in [0.3, 0.4) is 0 Å². The fraction of sp³-hybridized carbons (Fsp3) is 0.317. The van der Waals surface area contributed by atoms with Gasteiger partial charge in [-0.05, 0) is 119 Å². The summed E-state index contributed by atoms with van der Waals surface area (Å²) in [5.74, 6) is -2.08. The number of nitrogens with one attached hydrogen (secondary N) is 2. The van der Waals surface area contributed by atoms with Crippen LogP contribution in [0.4, 0.5) is 10.1 Å². The molecule has 4 aromatic rings. The molecule has 0 spiro atoms. The molecule has 1 aliphatic rings. The Hall–Kier alpha value is -4.31. The quantitative estimate of drug-likeness (QED) is 0.133. The van der Waals surface area contributed by atoms with E-state index in [2.05, 4.69) is 37.5 Å². The highest BCUT2D eigenvalue weighted by atomic mass is 35.5. The van der Waals surface area contributed by atoms with Crippen LogP contribution in [0.5, 0.6) is 0 Å². The number of halogens is 2. The number of benzene rings is 4. The third kappa shape index (κ3) is 10.2. The lowest BCUT2D eigenvalue weighted by atomic mass is 9.72. The summed E-state index contributed by atoms with van der Waals surface area (Å²) in [4.78, 5) is 26.5. The van der Waals surface area contributed by atoms with Crippen LogP contribution in [0, 0.1) is 24.1 Å². The summed E-state index contributed by atoms with van der Waals surface area (Å²) in [6.07, 6.45) is 5.75. The van der Waals surface area contributed by atoms with Crippen LogP contribution in [0.25, 0.3) is 16.7 Å². The summed E-state index contributed by atoms with van der Waals surface area (Å²) in [5, 5.41) is 5.87. The maximum Gasteiger partial charge on any atom is 0.266 e. The first kappa shape index (κ1) is 37.9. The van der Waals surface area contributed by atoms with Crippen LogP contribution in [-0.2, 0) is 21.3 Å². The molecule has 3 N–H and O–H groups in total. The van der Waals surface area contributed by atoms with Gasteiger partial charge in [0, 0.05) is 17.1 Å². The monoisotopic (exact) mass is 730 g/mol. The number of aryl methyl sites for hydroxylation is 1. The Labute approximate surface area is 305 Å². The highest BCUT2D eigenvalue weighted by Crippen LogP contribution is 2.40. The van der Waals surface area contributed by atoms with Crippen molar-refractivity contribution in [2.45, 2.75) is 59.3 Å². The molecule has 1 aliphatic carbocycles. The molecular weight excluding hydrogens is 687 g/mol. The van der Waals surface area contributed by atoms with E-state index in [1.165, 1.54) is 11.6 Å². The molecule has 7 nitrogen and oxygen atoms in total. The predicted molar refractivity (Wildman–Crippen MR) is 203 cm³/mol. The van der Waals surface area contributed by atoms with E-state index in [1.54, 1.807) is 42.5 Å². The molecule has 10 heteroatoms. The zero-order valence-corrected chi connectivity index (χ0v) is 30.9. The van der Waals surface area contributed by atoms with Gasteiger partial charge < -0.3 is 10.6 Å². The van der Waals surface area contributed by atoms with Crippen LogP contribution in [0.15, 0.2) is 91.0 Å². The number of anilines is 1. The van der Waals surface area contributed by atoms with Crippen molar-refractivity contribution in [3.63, 3.8) is 0 Å². The minimum Gasteiger partial charge on any atom is -0.351 e. The largest absolute Gasteiger partial charge is 0.351 e. The molecule has 0 bridgehead atoms. The second-order valence-corrected chi connectivity index (χ2v) is 16.3. The van der Waals surface area contributed by atoms with E-state index in [9.17, 15) is 18.0 Å². The topological polar surface area (TPSA) is 113 Å². The molecule has 0 aliphatic heterocycles. The Morgan fingerprint density at radius 2 is 1.65 bits per heavy atom. The SMILES string of the molecule is Cc1cc(Cl)ccc1-c1ccc(NC(=O)[C@H](Cc2ccc(C(=O)NCCS(=O)(=O)O)cc2)c2ccc(C3=CCC(C(C)(C)C)CC3)cc2)c(F)c1. The summed E-state index contributed by atoms with van der Waals surface area (Å²) in [6.45, 7) is 8.53. The molecule has 2 amide bonds. The van der Waals surface area contributed by atoms with E-state index >= 15 is 4.39 Å². The molecular formula is C41H44ClFN2O5S. The average Bonchev–Trinajstić information content (AvgIpc) is 3.07. The zero-order valence-electron chi connectivity index (χ0n) is 29.3. The van der Waals surface area contributed by atoms with Crippen LogP contribution in [0.2, 0.25) is 5.02 Å². The van der Waals surface area contributed by atoms with Gasteiger partial charge in [-0.1, -0.05) is 87.0 Å². The molecule has 268 valence electrons. The molecule has 0 heterocycles. The molecule has 5 rings (SSSR count). The van der Waals surface area contributed by atoms with Gasteiger partial charge >= 0.3 is 0 Å². The molecule has 0 aromatic heterocycles. The van der Waals surface area contributed by atoms with Crippen molar-refractivity contribution in [1.29, 1.82) is 0 Å². The van der Waals surface area contributed by atoms with Gasteiger partial charge in [-0.2, -0.15) is 8.42 Å². The number of allylic oxidation sites excluding steroid dienone is 2. The highest BCUT2D eigenvalue weighted by Gasteiger charge is 2.27. The third-order valence-electron chi connectivity index (χ3n) is 9.66. The predicted octanol–water partition coefficient (Wildman–Crippen LogP) is 9.27. The number of hydrogen-bond acceptors (Lipinski definition) is 4. The van der Waals surface area contributed by atoms with Crippen molar-refractivity contribution in [1.82, 2.24) is 5.32 Å². The highest BCUT2D eigenvalue weighted by molar-refractivity contribution is 7.85. The van der Waals surface area contributed by atoms with Crippen molar-refractivity contribution < 1.29 is 27.0 Å². The number of amides is 2. The molecule has 0 saturated carbocycles. The van der Waals surface area contributed by atoms with Crippen LogP contribution < -0.4 is 10.6 Å². The van der Waals surface area contributed by atoms with Gasteiger partial charge in [0.25, 0.3) is 16.0 Å². The second-order valence-electron chi connectivity index (χ2n) is 14.3. The maximum absolute atomic E-state index is 15.5. The molecule has 51 heavy (non-hydrogen) atoms. The lowest BCUT2D eigenvalue weighted by molar-refractivity contribution is -0.117. The van der Waals surface area contributed by atoms with Crippen molar-refractivity contribution in [3.05, 3.63) is 130 Å². The van der Waals surface area contributed by atoms with Crippen molar-refractivity contribution in [2.24, 2.45) is 11.3 Å². The van der Waals surface area contributed by atoms with Crippen molar-refractivity contribution >= 4 is 44.8 Å². The number of carbonyl (C=O) groups is 2. The van der Waals surface area contributed by atoms with Gasteiger partial charge in [-0.25, -0.2) is 4.39 Å². The Morgan fingerprint density at radius 3 is 2.24 bits per heavy atom. The van der Waals surface area contributed by atoms with Gasteiger partial charge in [-0.3, -0.25) is 14.1 Å². The van der Waals surface area contributed by atoms with E-state index in [-0.39, 0.29) is 30.0 Å². The van der Waals surface area contributed by atoms with Crippen LogP contribution in [-0.4, -0.2) is 37.1 Å². The molecule has 2 atom stereocenters. The van der Waals surface area contributed by atoms with Crippen molar-refractivity contribution in [3.8, 4) is 11.1 Å². The minimum absolute atomic E-state index is 0.0645. The van der Waals surface area contributed by atoms with E-state index in [4.69, 9.17) is 16.2 Å². The molecule has 1 unspecified atom stereocenters. The van der Waals surface area contributed by atoms with Gasteiger partial charge in [0.1, 0.15) is 5.82 Å². The smallest absolute Gasteiger partial charge is 0.266 e. The first-order valence-electron chi connectivity index (χ1n) is 17.1. The average molecular weight is 731 g/mol. The number of carbonyl (C=O) groups excluding carboxylic acids is 2. The molecule has 4 aromatic carbocycles. The summed E-state index contributed by atoms with van der Waals surface area (Å²) in [6, 6.07) is 24.8. The Kier molecular flexibility index (Phi) is 11.8. The Morgan fingerprint density at radius 1 is 0.961 bits per heavy atom. The Bertz CT molecular complexity index is 2040. The van der Waals surface area contributed by atoms with Gasteiger partial charge in [-0.15, -0.1) is 0 Å². The van der Waals surface area contributed by atoms with Crippen molar-refractivity contribution in [2.75, 3.05) is 17.6 Å². The minimum atomic E-state index is -4.20. The number of rotatable bonds is 11. The lowest BCUT2D eigenvalue weighted by Crippen LogP contribution is -2.28. The standard InChI is InChI=1S/C41H44ClFN2O5S/c1-26-23-34(42)18-19-35(26)32-15-20-38(37(43)25-32)45-40(47)36(24-27-5-7-31(8-6-27)39(46)44-21-22-51(48,49)50)30-11-9-28(10-12-30)29-13-16-33(17-14-29)41(2,3)4/h5-13,15,18-20,23,25,33,36H,14,16-17,21-22,24H2,1-4H3,(H,44,46)(H,45,47)(H,48,49,50)/t33?,36-/m1/s1.